The van der Waals surface area contributed by atoms with Gasteiger partial charge >= 0.3 is 6.18 Å². The second kappa shape index (κ2) is 8.18. The first kappa shape index (κ1) is 20.1. The van der Waals surface area contributed by atoms with Gasteiger partial charge in [0.15, 0.2) is 0 Å². The number of carbonyl (C=O) groups is 1. The Bertz CT molecular complexity index is 828. The minimum absolute atomic E-state index is 0.0743. The maximum atomic E-state index is 12.6. The van der Waals surface area contributed by atoms with Crippen molar-refractivity contribution in [2.75, 3.05) is 42.9 Å². The summed E-state index contributed by atoms with van der Waals surface area (Å²) < 4.78 is 37.9. The smallest absolute Gasteiger partial charge is 0.354 e. The molecule has 8 heteroatoms. The van der Waals surface area contributed by atoms with Crippen molar-refractivity contribution < 1.29 is 18.0 Å². The lowest BCUT2D eigenvalue weighted by atomic mass is 10.1. The Morgan fingerprint density at radius 2 is 1.82 bits per heavy atom. The van der Waals surface area contributed by atoms with Crippen LogP contribution in [-0.2, 0) is 11.0 Å². The van der Waals surface area contributed by atoms with E-state index in [0.29, 0.717) is 32.0 Å². The van der Waals surface area contributed by atoms with Gasteiger partial charge in [-0.1, -0.05) is 12.1 Å². The molecule has 0 radical (unpaired) electrons. The lowest BCUT2D eigenvalue weighted by Crippen LogP contribution is -2.49. The quantitative estimate of drug-likeness (QED) is 0.866. The van der Waals surface area contributed by atoms with Crippen LogP contribution in [0.2, 0.25) is 0 Å². The molecule has 0 spiro atoms. The summed E-state index contributed by atoms with van der Waals surface area (Å²) in [5.74, 6) is 0.447. The van der Waals surface area contributed by atoms with Crippen LogP contribution in [0.5, 0.6) is 0 Å². The van der Waals surface area contributed by atoms with Gasteiger partial charge in [0.05, 0.1) is 12.1 Å². The number of hydrogen-bond acceptors (Lipinski definition) is 4. The number of pyridine rings is 1. The molecule has 1 aromatic heterocycles. The van der Waals surface area contributed by atoms with Gasteiger partial charge in [-0.3, -0.25) is 9.69 Å². The highest BCUT2D eigenvalue weighted by atomic mass is 19.4. The molecule has 0 unspecified atom stereocenters. The van der Waals surface area contributed by atoms with Crippen molar-refractivity contribution in [3.8, 4) is 0 Å². The van der Waals surface area contributed by atoms with Gasteiger partial charge in [0.25, 0.3) is 0 Å². The zero-order chi connectivity index (χ0) is 20.3. The number of aryl methyl sites for hydroxylation is 1. The number of rotatable bonds is 4. The van der Waals surface area contributed by atoms with E-state index in [1.165, 1.54) is 6.07 Å². The molecule has 1 saturated heterocycles. The summed E-state index contributed by atoms with van der Waals surface area (Å²) in [6.45, 7) is 6.75. The van der Waals surface area contributed by atoms with Gasteiger partial charge in [0.1, 0.15) is 5.82 Å². The first-order valence-electron chi connectivity index (χ1n) is 9.10. The zero-order valence-electron chi connectivity index (χ0n) is 15.9. The monoisotopic (exact) mass is 392 g/mol. The average molecular weight is 392 g/mol. The van der Waals surface area contributed by atoms with E-state index in [1.54, 1.807) is 0 Å². The molecule has 1 N–H and O–H groups in total. The third-order valence-electron chi connectivity index (χ3n) is 5.02. The van der Waals surface area contributed by atoms with Crippen molar-refractivity contribution in [3.63, 3.8) is 0 Å². The lowest BCUT2D eigenvalue weighted by molar-refractivity contribution is -0.137. The number of benzene rings is 1. The molecule has 0 saturated carbocycles. The third-order valence-corrected chi connectivity index (χ3v) is 5.02. The Morgan fingerprint density at radius 1 is 1.11 bits per heavy atom. The summed E-state index contributed by atoms with van der Waals surface area (Å²) >= 11 is 0. The van der Waals surface area contributed by atoms with E-state index in [1.807, 2.05) is 41.8 Å². The van der Waals surface area contributed by atoms with Crippen LogP contribution in [0.3, 0.4) is 0 Å². The molecule has 1 amide bonds. The molecule has 0 atom stereocenters. The normalized spacial score (nSPS) is 15.5. The highest BCUT2D eigenvalue weighted by Crippen LogP contribution is 2.29. The summed E-state index contributed by atoms with van der Waals surface area (Å²) in [6, 6.07) is 8.24. The molecule has 150 valence electrons. The summed E-state index contributed by atoms with van der Waals surface area (Å²) in [4.78, 5) is 20.2. The fourth-order valence-electron chi connectivity index (χ4n) is 3.16. The SMILES string of the molecule is Cc1cccc(NC(=O)CN2CCN(c3ccc(C(F)(F)F)cn3)CC2)c1C. The summed E-state index contributed by atoms with van der Waals surface area (Å²) in [5.41, 5.74) is 2.24. The Balaban J connectivity index is 1.51. The maximum absolute atomic E-state index is 12.6. The Hall–Kier alpha value is -2.61. The largest absolute Gasteiger partial charge is 0.417 e. The molecular weight excluding hydrogens is 369 g/mol. The Kier molecular flexibility index (Phi) is 5.88. The first-order chi connectivity index (χ1) is 13.2. The molecular formula is C20H23F3N4O. The van der Waals surface area contributed by atoms with Gasteiger partial charge in [0.2, 0.25) is 5.91 Å². The molecule has 2 aromatic rings. The van der Waals surface area contributed by atoms with E-state index in [-0.39, 0.29) is 12.5 Å². The van der Waals surface area contributed by atoms with Gasteiger partial charge < -0.3 is 10.2 Å². The summed E-state index contributed by atoms with van der Waals surface area (Å²) in [6.07, 6.45) is -3.52. The predicted molar refractivity (Wildman–Crippen MR) is 102 cm³/mol. The van der Waals surface area contributed by atoms with Crippen molar-refractivity contribution in [3.05, 3.63) is 53.2 Å². The van der Waals surface area contributed by atoms with Crippen LogP contribution in [-0.4, -0.2) is 48.5 Å². The van der Waals surface area contributed by atoms with Crippen molar-refractivity contribution in [1.82, 2.24) is 9.88 Å². The van der Waals surface area contributed by atoms with Crippen LogP contribution < -0.4 is 10.2 Å². The highest BCUT2D eigenvalue weighted by molar-refractivity contribution is 5.93. The summed E-state index contributed by atoms with van der Waals surface area (Å²) in [7, 11) is 0. The molecule has 0 aliphatic carbocycles. The fraction of sp³-hybridized carbons (Fsp3) is 0.400. The second-order valence-corrected chi connectivity index (χ2v) is 6.96. The van der Waals surface area contributed by atoms with E-state index in [9.17, 15) is 18.0 Å². The van der Waals surface area contributed by atoms with Crippen LogP contribution in [0.15, 0.2) is 36.5 Å². The number of hydrogen-bond donors (Lipinski definition) is 1. The van der Waals surface area contributed by atoms with E-state index < -0.39 is 11.7 Å². The van der Waals surface area contributed by atoms with E-state index in [2.05, 4.69) is 10.3 Å². The minimum Gasteiger partial charge on any atom is -0.354 e. The number of alkyl halides is 3. The summed E-state index contributed by atoms with van der Waals surface area (Å²) in [5, 5.41) is 2.95. The molecule has 1 aliphatic heterocycles. The van der Waals surface area contributed by atoms with Gasteiger partial charge in [-0.05, 0) is 43.2 Å². The van der Waals surface area contributed by atoms with Gasteiger partial charge in [0, 0.05) is 38.1 Å². The van der Waals surface area contributed by atoms with Crippen molar-refractivity contribution in [1.29, 1.82) is 0 Å². The molecule has 5 nitrogen and oxygen atoms in total. The first-order valence-corrected chi connectivity index (χ1v) is 9.10. The average Bonchev–Trinajstić information content (AvgIpc) is 2.65. The Labute approximate surface area is 162 Å². The molecule has 28 heavy (non-hydrogen) atoms. The number of piperazine rings is 1. The maximum Gasteiger partial charge on any atom is 0.417 e. The number of nitrogens with zero attached hydrogens (tertiary/aromatic N) is 3. The van der Waals surface area contributed by atoms with Crippen LogP contribution in [0.1, 0.15) is 16.7 Å². The van der Waals surface area contributed by atoms with Crippen molar-refractivity contribution >= 4 is 17.4 Å². The van der Waals surface area contributed by atoms with Gasteiger partial charge in [-0.25, -0.2) is 4.98 Å². The van der Waals surface area contributed by atoms with Gasteiger partial charge in [-0.15, -0.1) is 0 Å². The number of amides is 1. The molecule has 1 aliphatic rings. The molecule has 1 fully saturated rings. The molecule has 3 rings (SSSR count). The number of aromatic nitrogens is 1. The molecule has 0 bridgehead atoms. The minimum atomic E-state index is -4.38. The number of nitrogens with one attached hydrogen (secondary N) is 1. The van der Waals surface area contributed by atoms with Crippen LogP contribution >= 0.6 is 0 Å². The number of anilines is 2. The topological polar surface area (TPSA) is 48.5 Å². The second-order valence-electron chi connectivity index (χ2n) is 6.96. The lowest BCUT2D eigenvalue weighted by Gasteiger charge is -2.35. The van der Waals surface area contributed by atoms with E-state index in [4.69, 9.17) is 0 Å². The van der Waals surface area contributed by atoms with E-state index >= 15 is 0 Å². The highest BCUT2D eigenvalue weighted by Gasteiger charge is 2.31. The van der Waals surface area contributed by atoms with Crippen molar-refractivity contribution in [2.45, 2.75) is 20.0 Å². The standard InChI is InChI=1S/C20H23F3N4O/c1-14-4-3-5-17(15(14)2)25-19(28)13-26-8-10-27(11-9-26)18-7-6-16(12-24-18)20(21,22)23/h3-7,12H,8-11,13H2,1-2H3,(H,25,28). The number of carbonyl (C=O) groups excluding carboxylic acids is 1. The van der Waals surface area contributed by atoms with Gasteiger partial charge in [-0.2, -0.15) is 13.2 Å². The Morgan fingerprint density at radius 3 is 2.43 bits per heavy atom. The fourth-order valence-corrected chi connectivity index (χ4v) is 3.16. The van der Waals surface area contributed by atoms with Crippen LogP contribution in [0, 0.1) is 13.8 Å². The van der Waals surface area contributed by atoms with Crippen LogP contribution in [0.4, 0.5) is 24.7 Å². The zero-order valence-corrected chi connectivity index (χ0v) is 15.9. The number of halogens is 3. The molecule has 2 heterocycles. The predicted octanol–water partition coefficient (Wildman–Crippen LogP) is 3.48. The van der Waals surface area contributed by atoms with Crippen LogP contribution in [0.25, 0.3) is 0 Å². The third kappa shape index (κ3) is 4.81. The van der Waals surface area contributed by atoms with E-state index in [0.717, 1.165) is 29.1 Å². The molecule has 1 aromatic carbocycles. The van der Waals surface area contributed by atoms with Crippen molar-refractivity contribution in [2.24, 2.45) is 0 Å².